The zero-order valence-corrected chi connectivity index (χ0v) is 23.2. The molecule has 1 aliphatic rings. The summed E-state index contributed by atoms with van der Waals surface area (Å²) in [5.74, 6) is 1.44. The number of ether oxygens (including phenoxy) is 1. The normalized spacial score (nSPS) is 15.7. The Morgan fingerprint density at radius 3 is 2.53 bits per heavy atom. The van der Waals surface area contributed by atoms with Crippen LogP contribution >= 0.6 is 0 Å². The monoisotopic (exact) mass is 515 g/mol. The molecule has 2 aromatic heterocycles. The Hall–Kier alpha value is -3.72. The van der Waals surface area contributed by atoms with Gasteiger partial charge in [-0.05, 0) is 93.4 Å². The van der Waals surface area contributed by atoms with E-state index in [1.165, 1.54) is 16.8 Å². The van der Waals surface area contributed by atoms with Crippen LogP contribution in [0.5, 0.6) is 5.75 Å². The van der Waals surface area contributed by atoms with Crippen LogP contribution in [0.3, 0.4) is 0 Å². The fraction of sp³-hybridized carbons (Fsp3) is 0.448. The molecule has 1 saturated heterocycles. The zero-order chi connectivity index (χ0) is 27.0. The lowest BCUT2D eigenvalue weighted by molar-refractivity contribution is 0.190. The second kappa shape index (κ2) is 10.2. The molecule has 0 radical (unpaired) electrons. The Bertz CT molecular complexity index is 1490. The lowest BCUT2D eigenvalue weighted by atomic mass is 10.0. The number of aryl methyl sites for hydroxylation is 1. The summed E-state index contributed by atoms with van der Waals surface area (Å²) < 4.78 is 7.57. The minimum atomic E-state index is -0.395. The maximum Gasteiger partial charge on any atom is 0.253 e. The SMILES string of the molecule is CCOc1ccc2[nH]c(=O)c(C(c3nnnn3C(C)(C)C)N3CCN(c4cccc(C)c4C)CC3)cc2c1. The van der Waals surface area contributed by atoms with Crippen molar-refractivity contribution in [1.82, 2.24) is 30.1 Å². The molecule has 0 bridgehead atoms. The molecular formula is C29H37N7O2. The highest BCUT2D eigenvalue weighted by atomic mass is 16.5. The second-order valence-electron chi connectivity index (χ2n) is 11.0. The molecule has 3 heterocycles. The molecule has 9 heteroatoms. The van der Waals surface area contributed by atoms with Gasteiger partial charge in [-0.15, -0.1) is 5.10 Å². The fourth-order valence-corrected chi connectivity index (χ4v) is 5.30. The number of rotatable bonds is 6. The van der Waals surface area contributed by atoms with Crippen LogP contribution in [0, 0.1) is 13.8 Å². The molecule has 4 aromatic rings. The average Bonchev–Trinajstić information content (AvgIpc) is 3.37. The number of tetrazole rings is 1. The van der Waals surface area contributed by atoms with Gasteiger partial charge >= 0.3 is 0 Å². The molecule has 0 aliphatic carbocycles. The van der Waals surface area contributed by atoms with Gasteiger partial charge in [-0.3, -0.25) is 9.69 Å². The van der Waals surface area contributed by atoms with E-state index in [1.54, 1.807) is 0 Å². The Morgan fingerprint density at radius 1 is 1.05 bits per heavy atom. The van der Waals surface area contributed by atoms with E-state index < -0.39 is 6.04 Å². The second-order valence-corrected chi connectivity index (χ2v) is 11.0. The molecule has 1 N–H and O–H groups in total. The molecule has 38 heavy (non-hydrogen) atoms. The van der Waals surface area contributed by atoms with Gasteiger partial charge in [0.1, 0.15) is 11.8 Å². The van der Waals surface area contributed by atoms with E-state index >= 15 is 0 Å². The molecule has 0 saturated carbocycles. The smallest absolute Gasteiger partial charge is 0.253 e. The number of nitrogens with zero attached hydrogens (tertiary/aromatic N) is 6. The zero-order valence-electron chi connectivity index (χ0n) is 23.2. The van der Waals surface area contributed by atoms with Crippen molar-refractivity contribution in [1.29, 1.82) is 0 Å². The third-order valence-corrected chi connectivity index (χ3v) is 7.42. The summed E-state index contributed by atoms with van der Waals surface area (Å²) in [6, 6.07) is 13.8. The molecule has 200 valence electrons. The van der Waals surface area contributed by atoms with E-state index in [4.69, 9.17) is 4.74 Å². The summed E-state index contributed by atoms with van der Waals surface area (Å²) in [4.78, 5) is 21.4. The fourth-order valence-electron chi connectivity index (χ4n) is 5.30. The standard InChI is InChI=1S/C29H37N7O2/c1-7-38-22-11-12-24-21(17-22)18-23(28(37)30-24)26(27-31-32-33-36(27)29(4,5)6)35-15-13-34(14-16-35)25-10-8-9-19(2)20(25)3/h8-12,17-18,26H,7,13-16H2,1-6H3,(H,30,37). The summed E-state index contributed by atoms with van der Waals surface area (Å²) in [5.41, 5.74) is 4.80. The molecule has 5 rings (SSSR count). The van der Waals surface area contributed by atoms with Crippen molar-refractivity contribution in [3.05, 3.63) is 75.3 Å². The number of benzene rings is 2. The minimum absolute atomic E-state index is 0.132. The van der Waals surface area contributed by atoms with Gasteiger partial charge in [0, 0.05) is 48.3 Å². The number of fused-ring (bicyclic) bond motifs is 1. The minimum Gasteiger partial charge on any atom is -0.494 e. The number of aromatic amines is 1. The molecule has 2 aromatic carbocycles. The van der Waals surface area contributed by atoms with Gasteiger partial charge in [-0.1, -0.05) is 12.1 Å². The van der Waals surface area contributed by atoms with Crippen LogP contribution in [0.4, 0.5) is 5.69 Å². The van der Waals surface area contributed by atoms with Crippen LogP contribution in [0.25, 0.3) is 10.9 Å². The highest BCUT2D eigenvalue weighted by Crippen LogP contribution is 2.32. The molecule has 0 amide bonds. The third-order valence-electron chi connectivity index (χ3n) is 7.42. The molecule has 9 nitrogen and oxygen atoms in total. The summed E-state index contributed by atoms with van der Waals surface area (Å²) in [6.45, 7) is 16.3. The summed E-state index contributed by atoms with van der Waals surface area (Å²) in [5, 5.41) is 13.8. The van der Waals surface area contributed by atoms with Gasteiger partial charge in [0.25, 0.3) is 5.56 Å². The van der Waals surface area contributed by atoms with Crippen molar-refractivity contribution in [3.8, 4) is 5.75 Å². The Labute approximate surface area is 223 Å². The number of H-pyrrole nitrogens is 1. The van der Waals surface area contributed by atoms with Crippen molar-refractivity contribution in [2.75, 3.05) is 37.7 Å². The number of hydrogen-bond acceptors (Lipinski definition) is 7. The van der Waals surface area contributed by atoms with Gasteiger partial charge in [0.2, 0.25) is 0 Å². The van der Waals surface area contributed by atoms with Crippen molar-refractivity contribution >= 4 is 16.6 Å². The first-order valence-corrected chi connectivity index (χ1v) is 13.3. The number of pyridine rings is 1. The maximum absolute atomic E-state index is 13.6. The molecule has 1 atom stereocenters. The maximum atomic E-state index is 13.6. The van der Waals surface area contributed by atoms with Gasteiger partial charge in [-0.2, -0.15) is 0 Å². The van der Waals surface area contributed by atoms with E-state index in [9.17, 15) is 4.79 Å². The van der Waals surface area contributed by atoms with Crippen molar-refractivity contribution in [3.63, 3.8) is 0 Å². The predicted octanol–water partition coefficient (Wildman–Crippen LogP) is 4.20. The van der Waals surface area contributed by atoms with Crippen LogP contribution in [0.15, 0.2) is 47.3 Å². The quantitative estimate of drug-likeness (QED) is 0.412. The van der Waals surface area contributed by atoms with E-state index in [0.29, 0.717) is 18.0 Å². The van der Waals surface area contributed by atoms with Crippen LogP contribution in [0.1, 0.15) is 56.3 Å². The molecule has 1 aliphatic heterocycles. The van der Waals surface area contributed by atoms with E-state index in [1.807, 2.05) is 35.9 Å². The van der Waals surface area contributed by atoms with Gasteiger partial charge in [0.15, 0.2) is 5.82 Å². The summed E-state index contributed by atoms with van der Waals surface area (Å²) in [7, 11) is 0. The summed E-state index contributed by atoms with van der Waals surface area (Å²) in [6.07, 6.45) is 0. The highest BCUT2D eigenvalue weighted by Gasteiger charge is 2.35. The molecule has 1 unspecified atom stereocenters. The Morgan fingerprint density at radius 2 is 1.82 bits per heavy atom. The number of nitrogens with one attached hydrogen (secondary N) is 1. The van der Waals surface area contributed by atoms with Gasteiger partial charge < -0.3 is 14.6 Å². The first-order valence-electron chi connectivity index (χ1n) is 13.3. The number of anilines is 1. The highest BCUT2D eigenvalue weighted by molar-refractivity contribution is 5.80. The topological polar surface area (TPSA) is 92.2 Å². The first-order chi connectivity index (χ1) is 18.2. The number of hydrogen-bond donors (Lipinski definition) is 1. The van der Waals surface area contributed by atoms with Gasteiger partial charge in [-0.25, -0.2) is 4.68 Å². The average molecular weight is 516 g/mol. The lowest BCUT2D eigenvalue weighted by Gasteiger charge is -2.40. The van der Waals surface area contributed by atoms with Crippen LogP contribution in [-0.4, -0.2) is 62.9 Å². The van der Waals surface area contributed by atoms with Crippen LogP contribution in [0.2, 0.25) is 0 Å². The van der Waals surface area contributed by atoms with E-state index in [-0.39, 0.29) is 11.1 Å². The van der Waals surface area contributed by atoms with Crippen molar-refractivity contribution < 1.29 is 4.74 Å². The Balaban J connectivity index is 1.56. The van der Waals surface area contributed by atoms with Crippen molar-refractivity contribution in [2.24, 2.45) is 0 Å². The lowest BCUT2D eigenvalue weighted by Crippen LogP contribution is -2.49. The van der Waals surface area contributed by atoms with E-state index in [0.717, 1.165) is 42.8 Å². The van der Waals surface area contributed by atoms with Gasteiger partial charge in [0.05, 0.1) is 12.1 Å². The van der Waals surface area contributed by atoms with Crippen molar-refractivity contribution in [2.45, 2.75) is 53.1 Å². The van der Waals surface area contributed by atoms with Crippen LogP contribution in [-0.2, 0) is 5.54 Å². The number of aromatic nitrogens is 5. The molecular weight excluding hydrogens is 478 g/mol. The largest absolute Gasteiger partial charge is 0.494 e. The number of piperazine rings is 1. The first kappa shape index (κ1) is 25.9. The predicted molar refractivity (Wildman–Crippen MR) is 150 cm³/mol. The molecule has 0 spiro atoms. The summed E-state index contributed by atoms with van der Waals surface area (Å²) >= 11 is 0. The third kappa shape index (κ3) is 4.90. The van der Waals surface area contributed by atoms with Crippen LogP contribution < -0.4 is 15.2 Å². The Kier molecular flexibility index (Phi) is 6.96. The molecule has 1 fully saturated rings. The van der Waals surface area contributed by atoms with E-state index in [2.05, 4.69) is 83.1 Å².